The molecule has 26 heavy (non-hydrogen) atoms. The summed E-state index contributed by atoms with van der Waals surface area (Å²) in [5.74, 6) is 0.395. The molecule has 2 aromatic rings. The molecule has 1 aliphatic heterocycles. The van der Waals surface area contributed by atoms with Crippen molar-refractivity contribution in [3.05, 3.63) is 63.2 Å². The van der Waals surface area contributed by atoms with E-state index in [4.69, 9.17) is 22.1 Å². The van der Waals surface area contributed by atoms with Crippen molar-refractivity contribution in [2.45, 2.75) is 18.9 Å². The number of nitrogens with two attached hydrogens (primary N) is 1. The minimum absolute atomic E-state index is 0.0146. The van der Waals surface area contributed by atoms with Crippen LogP contribution in [-0.4, -0.2) is 34.9 Å². The Morgan fingerprint density at radius 1 is 1.27 bits per heavy atom. The van der Waals surface area contributed by atoms with Crippen molar-refractivity contribution in [1.29, 1.82) is 0 Å². The van der Waals surface area contributed by atoms with Gasteiger partial charge in [-0.05, 0) is 49.2 Å². The second-order valence-corrected chi connectivity index (χ2v) is 6.59. The van der Waals surface area contributed by atoms with Gasteiger partial charge in [0.2, 0.25) is 5.75 Å². The molecule has 1 saturated heterocycles. The Labute approximate surface area is 155 Å². The molecular formula is C18H18ClN3O4. The summed E-state index contributed by atoms with van der Waals surface area (Å²) >= 11 is 5.79. The van der Waals surface area contributed by atoms with E-state index in [1.54, 1.807) is 29.2 Å². The quantitative estimate of drug-likeness (QED) is 0.650. The van der Waals surface area contributed by atoms with Crippen LogP contribution in [0.3, 0.4) is 0 Å². The van der Waals surface area contributed by atoms with E-state index < -0.39 is 4.92 Å². The number of carbonyl (C=O) groups excluding carboxylic acids is 1. The number of nitro groups is 1. The van der Waals surface area contributed by atoms with Crippen molar-refractivity contribution in [3.8, 4) is 11.5 Å². The maximum atomic E-state index is 12.5. The van der Waals surface area contributed by atoms with Gasteiger partial charge in [-0.15, -0.1) is 0 Å². The Balaban J connectivity index is 1.74. The van der Waals surface area contributed by atoms with Crippen molar-refractivity contribution < 1.29 is 14.5 Å². The lowest BCUT2D eigenvalue weighted by Gasteiger charge is -2.30. The number of hydrogen-bond donors (Lipinski definition) is 1. The molecule has 1 unspecified atom stereocenters. The molecule has 8 heteroatoms. The summed E-state index contributed by atoms with van der Waals surface area (Å²) in [6.07, 6.45) is 1.82. The zero-order valence-electron chi connectivity index (χ0n) is 13.9. The maximum absolute atomic E-state index is 12.5. The smallest absolute Gasteiger partial charge is 0.313 e. The first-order chi connectivity index (χ1) is 12.4. The number of nitro benzene ring substituents is 1. The molecular weight excluding hydrogens is 358 g/mol. The normalized spacial score (nSPS) is 17.0. The SMILES string of the molecule is NC1CCCN(C(=O)c2ccc(Oc3ccc(Cl)cc3[N+](=O)[O-])cc2)C1. The second kappa shape index (κ2) is 7.72. The van der Waals surface area contributed by atoms with Crippen LogP contribution < -0.4 is 10.5 Å². The molecule has 2 aromatic carbocycles. The number of rotatable bonds is 4. The zero-order valence-corrected chi connectivity index (χ0v) is 14.7. The van der Waals surface area contributed by atoms with Crippen molar-refractivity contribution in [2.24, 2.45) is 5.73 Å². The molecule has 0 saturated carbocycles. The molecule has 0 bridgehead atoms. The van der Waals surface area contributed by atoms with Crippen LogP contribution >= 0.6 is 11.6 Å². The van der Waals surface area contributed by atoms with Gasteiger partial charge < -0.3 is 15.4 Å². The van der Waals surface area contributed by atoms with Gasteiger partial charge in [0.15, 0.2) is 0 Å². The number of nitrogens with zero attached hydrogens (tertiary/aromatic N) is 2. The van der Waals surface area contributed by atoms with Crippen molar-refractivity contribution in [3.63, 3.8) is 0 Å². The number of hydrogen-bond acceptors (Lipinski definition) is 5. The van der Waals surface area contributed by atoms with Crippen molar-refractivity contribution >= 4 is 23.2 Å². The minimum Gasteiger partial charge on any atom is -0.450 e. The van der Waals surface area contributed by atoms with E-state index in [1.807, 2.05) is 0 Å². The van der Waals surface area contributed by atoms with Gasteiger partial charge in [-0.2, -0.15) is 0 Å². The number of piperidine rings is 1. The fourth-order valence-corrected chi connectivity index (χ4v) is 3.06. The van der Waals surface area contributed by atoms with Gasteiger partial charge in [-0.3, -0.25) is 14.9 Å². The van der Waals surface area contributed by atoms with E-state index in [0.29, 0.717) is 24.4 Å². The first-order valence-corrected chi connectivity index (χ1v) is 8.58. The van der Waals surface area contributed by atoms with E-state index in [9.17, 15) is 14.9 Å². The minimum atomic E-state index is -0.557. The standard InChI is InChI=1S/C18H18ClN3O4/c19-13-5-8-17(16(10-13)22(24)25)26-15-6-3-12(4-7-15)18(23)21-9-1-2-14(20)11-21/h3-8,10,14H,1-2,9,11,20H2. The average molecular weight is 376 g/mol. The van der Waals surface area contributed by atoms with E-state index >= 15 is 0 Å². The molecule has 7 nitrogen and oxygen atoms in total. The number of halogens is 1. The third kappa shape index (κ3) is 4.12. The van der Waals surface area contributed by atoms with E-state index in [-0.39, 0.29) is 28.4 Å². The number of benzene rings is 2. The molecule has 0 aromatic heterocycles. The van der Waals surface area contributed by atoms with Gasteiger partial charge in [0.05, 0.1) is 4.92 Å². The van der Waals surface area contributed by atoms with E-state index in [0.717, 1.165) is 12.8 Å². The molecule has 1 aliphatic rings. The highest BCUT2D eigenvalue weighted by atomic mass is 35.5. The Morgan fingerprint density at radius 3 is 2.65 bits per heavy atom. The predicted molar refractivity (Wildman–Crippen MR) is 97.7 cm³/mol. The number of ether oxygens (including phenoxy) is 1. The third-order valence-electron chi connectivity index (χ3n) is 4.19. The Morgan fingerprint density at radius 2 is 2.00 bits per heavy atom. The molecule has 0 spiro atoms. The zero-order chi connectivity index (χ0) is 18.7. The molecule has 3 rings (SSSR count). The highest BCUT2D eigenvalue weighted by molar-refractivity contribution is 6.30. The van der Waals surface area contributed by atoms with Gasteiger partial charge in [0.25, 0.3) is 5.91 Å². The Kier molecular flexibility index (Phi) is 5.39. The van der Waals surface area contributed by atoms with Crippen LogP contribution in [0.2, 0.25) is 5.02 Å². The topological polar surface area (TPSA) is 98.7 Å². The monoisotopic (exact) mass is 375 g/mol. The van der Waals surface area contributed by atoms with Gasteiger partial charge in [0, 0.05) is 35.8 Å². The Hall–Kier alpha value is -2.64. The van der Waals surface area contributed by atoms with Gasteiger partial charge in [0.1, 0.15) is 5.75 Å². The van der Waals surface area contributed by atoms with Crippen LogP contribution in [0.25, 0.3) is 0 Å². The second-order valence-electron chi connectivity index (χ2n) is 6.15. The fourth-order valence-electron chi connectivity index (χ4n) is 2.89. The van der Waals surface area contributed by atoms with Gasteiger partial charge in [-0.25, -0.2) is 0 Å². The number of likely N-dealkylation sites (tertiary alicyclic amines) is 1. The first kappa shape index (κ1) is 18.2. The lowest BCUT2D eigenvalue weighted by Crippen LogP contribution is -2.45. The number of carbonyl (C=O) groups is 1. The van der Waals surface area contributed by atoms with Crippen molar-refractivity contribution in [1.82, 2.24) is 4.90 Å². The lowest BCUT2D eigenvalue weighted by atomic mass is 10.1. The Bertz CT molecular complexity index is 826. The van der Waals surface area contributed by atoms with Gasteiger partial charge in [-0.1, -0.05) is 11.6 Å². The summed E-state index contributed by atoms with van der Waals surface area (Å²) in [6, 6.07) is 10.7. The number of amides is 1. The molecule has 0 aliphatic carbocycles. The fraction of sp³-hybridized carbons (Fsp3) is 0.278. The average Bonchev–Trinajstić information content (AvgIpc) is 2.63. The summed E-state index contributed by atoms with van der Waals surface area (Å²) in [6.45, 7) is 1.25. The molecule has 0 radical (unpaired) electrons. The summed E-state index contributed by atoms with van der Waals surface area (Å²) < 4.78 is 5.58. The van der Waals surface area contributed by atoms with E-state index in [1.165, 1.54) is 18.2 Å². The van der Waals surface area contributed by atoms with Crippen LogP contribution in [0.15, 0.2) is 42.5 Å². The highest BCUT2D eigenvalue weighted by Gasteiger charge is 2.22. The molecule has 1 fully saturated rings. The molecule has 1 atom stereocenters. The van der Waals surface area contributed by atoms with Crippen LogP contribution in [0.1, 0.15) is 23.2 Å². The molecule has 2 N–H and O–H groups in total. The third-order valence-corrected chi connectivity index (χ3v) is 4.43. The van der Waals surface area contributed by atoms with Crippen LogP contribution in [0.4, 0.5) is 5.69 Å². The largest absolute Gasteiger partial charge is 0.450 e. The van der Waals surface area contributed by atoms with Crippen molar-refractivity contribution in [2.75, 3.05) is 13.1 Å². The summed E-state index contributed by atoms with van der Waals surface area (Å²) in [5, 5.41) is 11.4. The molecule has 1 heterocycles. The van der Waals surface area contributed by atoms with Crippen LogP contribution in [0.5, 0.6) is 11.5 Å². The highest BCUT2D eigenvalue weighted by Crippen LogP contribution is 2.33. The predicted octanol–water partition coefficient (Wildman–Crippen LogP) is 3.60. The van der Waals surface area contributed by atoms with Crippen LogP contribution in [-0.2, 0) is 0 Å². The molecule has 1 amide bonds. The summed E-state index contributed by atoms with van der Waals surface area (Å²) in [7, 11) is 0. The van der Waals surface area contributed by atoms with E-state index in [2.05, 4.69) is 0 Å². The lowest BCUT2D eigenvalue weighted by molar-refractivity contribution is -0.385. The summed E-state index contributed by atoms with van der Waals surface area (Å²) in [5.41, 5.74) is 6.22. The van der Waals surface area contributed by atoms with Crippen LogP contribution in [0, 0.1) is 10.1 Å². The van der Waals surface area contributed by atoms with Gasteiger partial charge >= 0.3 is 5.69 Å². The molecule has 136 valence electrons. The summed E-state index contributed by atoms with van der Waals surface area (Å²) in [4.78, 5) is 24.8. The first-order valence-electron chi connectivity index (χ1n) is 8.21. The maximum Gasteiger partial charge on any atom is 0.313 e.